The molecule has 382 valence electrons. The quantitative estimate of drug-likeness (QED) is 0.0401. The fourth-order valence-corrected chi connectivity index (χ4v) is 11.9. The van der Waals surface area contributed by atoms with Crippen LogP contribution in [0.25, 0.3) is 0 Å². The summed E-state index contributed by atoms with van der Waals surface area (Å²) >= 11 is 6.82. The second kappa shape index (κ2) is 22.7. The van der Waals surface area contributed by atoms with Crippen molar-refractivity contribution < 1.29 is 52.8 Å². The number of hydrazone groups is 1. The molecule has 4 amide bonds. The maximum absolute atomic E-state index is 14.4. The molecular weight excluding hydrogens is 960 g/mol. The van der Waals surface area contributed by atoms with Gasteiger partial charge in [0.15, 0.2) is 5.72 Å². The second-order valence-corrected chi connectivity index (χ2v) is 22.9. The number of hydrogen-bond donors (Lipinski definition) is 4. The number of likely N-dealkylation sites (N-methyl/N-ethyl adjacent to an activating group) is 1. The van der Waals surface area contributed by atoms with Crippen molar-refractivity contribution in [2.45, 2.75) is 139 Å². The fraction of sp³-hybridized carbons (Fsp3) is 0.560. The van der Waals surface area contributed by atoms with Crippen molar-refractivity contribution in [2.24, 2.45) is 11.0 Å². The molecule has 2 aromatic carbocycles. The second-order valence-electron chi connectivity index (χ2n) is 19.4. The Morgan fingerprint density at radius 2 is 1.93 bits per heavy atom. The van der Waals surface area contributed by atoms with Gasteiger partial charge in [0.1, 0.15) is 40.7 Å². The number of nitrogens with one attached hydrogen (secondary N) is 2. The lowest BCUT2D eigenvalue weighted by Gasteiger charge is -2.42. The van der Waals surface area contributed by atoms with Crippen molar-refractivity contribution in [1.82, 2.24) is 15.6 Å². The third kappa shape index (κ3) is 13.0. The summed E-state index contributed by atoms with van der Waals surface area (Å²) in [5.41, 5.74) is 11.3. The number of alkyl carbamates (subject to hydrolysis) is 1. The number of epoxide rings is 1. The van der Waals surface area contributed by atoms with Crippen LogP contribution in [0.4, 0.5) is 16.2 Å². The van der Waals surface area contributed by atoms with Gasteiger partial charge in [-0.2, -0.15) is 5.10 Å². The van der Waals surface area contributed by atoms with E-state index in [2.05, 4.69) is 15.8 Å². The minimum absolute atomic E-state index is 0.0757. The van der Waals surface area contributed by atoms with E-state index in [-0.39, 0.29) is 42.5 Å². The highest BCUT2D eigenvalue weighted by Gasteiger charge is 2.64. The molecule has 3 heterocycles. The fourth-order valence-electron chi connectivity index (χ4n) is 9.11. The maximum Gasteiger partial charge on any atom is 0.409 e. The lowest BCUT2D eigenvalue weighted by molar-refractivity contribution is -0.162. The number of nitrogens with two attached hydrogens (primary N) is 1. The van der Waals surface area contributed by atoms with Gasteiger partial charge < -0.3 is 44.3 Å². The lowest BCUT2D eigenvalue weighted by Crippen LogP contribution is -2.63. The number of nitrogens with zero attached hydrogens (tertiary/aromatic N) is 3. The van der Waals surface area contributed by atoms with Gasteiger partial charge in [-0.1, -0.05) is 70.0 Å². The molecule has 2 aromatic rings. The summed E-state index contributed by atoms with van der Waals surface area (Å²) in [4.78, 5) is 70.7. The molecule has 8 atom stereocenters. The van der Waals surface area contributed by atoms with Crippen LogP contribution in [0.5, 0.6) is 5.75 Å². The van der Waals surface area contributed by atoms with Crippen LogP contribution in [-0.4, -0.2) is 126 Å². The van der Waals surface area contributed by atoms with Crippen molar-refractivity contribution in [3.8, 4) is 5.75 Å². The number of esters is 1. The minimum atomic E-state index is -1.86. The molecule has 20 heteroatoms. The number of ether oxygens (including phenoxy) is 5. The van der Waals surface area contributed by atoms with Crippen LogP contribution in [0.15, 0.2) is 59.2 Å². The van der Waals surface area contributed by atoms with E-state index in [4.69, 9.17) is 41.0 Å². The molecule has 2 saturated heterocycles. The average Bonchev–Trinajstić information content (AvgIpc) is 4.01. The molecule has 17 nitrogen and oxygen atoms in total. The van der Waals surface area contributed by atoms with Crippen molar-refractivity contribution >= 4 is 80.1 Å². The summed E-state index contributed by atoms with van der Waals surface area (Å²) in [6.07, 6.45) is 3.55. The molecule has 1 aliphatic carbocycles. The van der Waals surface area contributed by atoms with E-state index in [1.807, 2.05) is 45.0 Å². The van der Waals surface area contributed by atoms with E-state index < -0.39 is 70.4 Å². The molecule has 1 unspecified atom stereocenters. The average molecular weight is 1030 g/mol. The predicted molar refractivity (Wildman–Crippen MR) is 273 cm³/mol. The zero-order valence-electron chi connectivity index (χ0n) is 41.6. The molecule has 5 N–H and O–H groups in total. The minimum Gasteiger partial charge on any atom is -0.495 e. The molecule has 4 aliphatic rings. The number of nitrogen functional groups attached to an aromatic ring is 1. The molecule has 6 rings (SSSR count). The topological polar surface area (TPSA) is 224 Å². The molecule has 0 spiro atoms. The first-order chi connectivity index (χ1) is 33.0. The molecule has 2 fully saturated rings. The molecule has 0 saturated carbocycles. The normalized spacial score (nSPS) is 28.2. The highest BCUT2D eigenvalue weighted by Crippen LogP contribution is 2.49. The molecule has 0 radical (unpaired) electrons. The van der Waals surface area contributed by atoms with Gasteiger partial charge in [-0.05, 0) is 95.7 Å². The zero-order valence-corrected chi connectivity index (χ0v) is 44.0. The van der Waals surface area contributed by atoms with Crippen LogP contribution in [0.3, 0.4) is 0 Å². The Hall–Kier alpha value is -4.79. The standard InChI is InChI=1S/C50H67ClN6O11S2/c1-28-13-11-16-39(65-10)50(63)26-38(66-47(62)53-50)29(2)45-49(6,68-45)40(25-43(60)57(8)36-22-31(21-28)23-37(64-9)44(36)51)67-46(61)30(3)56(7)42(59)19-20-69-70-48(4,5)27-41(58)55-54-35-15-12-14-32-24-33(52)17-18-34(32)35/h11,13,16-18,22-24,29-30,38-40,45,63H,12,14-15,19-21,25-27,52H2,1-10H3,(H,53,62)(H,55,58)/b16-11+,28-13+,54-35-/t29-,30+,38+,39-,40+,45+,49?,50+/m1/s1. The van der Waals surface area contributed by atoms with Gasteiger partial charge in [0.2, 0.25) is 17.7 Å². The van der Waals surface area contributed by atoms with Crippen LogP contribution >= 0.6 is 33.2 Å². The summed E-state index contributed by atoms with van der Waals surface area (Å²) < 4.78 is 29.0. The number of carbonyl (C=O) groups excluding carboxylic acids is 5. The molecule has 4 bridgehead atoms. The van der Waals surface area contributed by atoms with Crippen LogP contribution in [0, 0.1) is 5.92 Å². The number of amides is 4. The van der Waals surface area contributed by atoms with Gasteiger partial charge in [0.05, 0.1) is 31.0 Å². The Morgan fingerprint density at radius 1 is 1.19 bits per heavy atom. The van der Waals surface area contributed by atoms with Crippen molar-refractivity contribution in [2.75, 3.05) is 44.7 Å². The Labute approximate surface area is 423 Å². The molecule has 0 aromatic heterocycles. The Morgan fingerprint density at radius 3 is 2.64 bits per heavy atom. The smallest absolute Gasteiger partial charge is 0.409 e. The first-order valence-electron chi connectivity index (χ1n) is 23.4. The summed E-state index contributed by atoms with van der Waals surface area (Å²) in [5.74, 6) is -1.57. The van der Waals surface area contributed by atoms with E-state index in [1.54, 1.807) is 52.1 Å². The van der Waals surface area contributed by atoms with Gasteiger partial charge >= 0.3 is 12.1 Å². The van der Waals surface area contributed by atoms with Crippen molar-refractivity contribution in [3.05, 3.63) is 75.8 Å². The number of aryl methyl sites for hydroxylation is 1. The van der Waals surface area contributed by atoms with E-state index in [1.165, 1.54) is 52.7 Å². The van der Waals surface area contributed by atoms with E-state index in [0.717, 1.165) is 47.2 Å². The lowest BCUT2D eigenvalue weighted by atomic mass is 9.83. The van der Waals surface area contributed by atoms with E-state index >= 15 is 0 Å². The van der Waals surface area contributed by atoms with Crippen molar-refractivity contribution in [3.63, 3.8) is 0 Å². The van der Waals surface area contributed by atoms with Gasteiger partial charge in [0, 0.05) is 68.1 Å². The number of anilines is 2. The van der Waals surface area contributed by atoms with Crippen LogP contribution in [-0.2, 0) is 51.0 Å². The monoisotopic (exact) mass is 1030 g/mol. The number of fused-ring (bicyclic) bond motifs is 6. The van der Waals surface area contributed by atoms with Gasteiger partial charge in [-0.25, -0.2) is 15.0 Å². The maximum atomic E-state index is 14.4. The Balaban J connectivity index is 1.13. The summed E-state index contributed by atoms with van der Waals surface area (Å²) in [7, 11) is 8.93. The third-order valence-corrected chi connectivity index (χ3v) is 17.1. The number of halogens is 1. The number of methoxy groups -OCH3 is 2. The summed E-state index contributed by atoms with van der Waals surface area (Å²) in [5, 5.41) is 19.0. The van der Waals surface area contributed by atoms with E-state index in [9.17, 15) is 29.1 Å². The number of rotatable bonds is 13. The molecule has 3 aliphatic heterocycles. The van der Waals surface area contributed by atoms with Crippen LogP contribution < -0.4 is 26.1 Å². The number of carbonyl (C=O) groups is 5. The highest BCUT2D eigenvalue weighted by molar-refractivity contribution is 8.77. The number of allylic oxidation sites excluding steroid dienone is 3. The number of hydrogen-bond acceptors (Lipinski definition) is 15. The first kappa shape index (κ1) is 54.5. The number of aliphatic hydroxyl groups is 1. The first-order valence-corrected chi connectivity index (χ1v) is 26.1. The third-order valence-electron chi connectivity index (χ3n) is 13.4. The van der Waals surface area contributed by atoms with E-state index in [0.29, 0.717) is 29.3 Å². The van der Waals surface area contributed by atoms with Gasteiger partial charge in [-0.3, -0.25) is 19.7 Å². The highest BCUT2D eigenvalue weighted by atomic mass is 35.5. The Bertz CT molecular complexity index is 2420. The van der Waals surface area contributed by atoms with Gasteiger partial charge in [-0.15, -0.1) is 0 Å². The summed E-state index contributed by atoms with van der Waals surface area (Å²) in [6, 6.07) is 8.25. The predicted octanol–water partition coefficient (Wildman–Crippen LogP) is 6.89. The Kier molecular flexibility index (Phi) is 17.7. The SMILES string of the molecule is COc1cc2cc(c1Cl)N(C)C(=O)C[C@H](OC(=O)[C@H](C)N(C)C(=O)CCSSC(C)(C)CC(=O)N/N=C1/CCCc3cc(N)ccc31)C1(C)O[C@H]1[C@H](C)[C@@H]1C[C@@](O)(NC(=O)O1)[C@H](OC)/C=C/C=C(\C)C2. The van der Waals surface area contributed by atoms with Crippen molar-refractivity contribution in [1.29, 1.82) is 0 Å². The molecule has 70 heavy (non-hydrogen) atoms. The molecular formula is C50H67ClN6O11S2. The largest absolute Gasteiger partial charge is 0.495 e. The van der Waals surface area contributed by atoms with Gasteiger partial charge in [0.25, 0.3) is 0 Å². The van der Waals surface area contributed by atoms with Crippen LogP contribution in [0.1, 0.15) is 96.8 Å². The summed E-state index contributed by atoms with van der Waals surface area (Å²) in [6.45, 7) is 10.9. The van der Waals surface area contributed by atoms with Crippen LogP contribution in [0.2, 0.25) is 5.02 Å². The number of benzene rings is 2. The zero-order chi connectivity index (χ0) is 51.3.